The van der Waals surface area contributed by atoms with Gasteiger partial charge in [-0.05, 0) is 81.6 Å². The minimum atomic E-state index is -0.467. The number of rotatable bonds is 3. The third kappa shape index (κ3) is 2.97. The van der Waals surface area contributed by atoms with Crippen molar-refractivity contribution in [3.05, 3.63) is 18.5 Å². The van der Waals surface area contributed by atoms with Crippen LogP contribution in [-0.4, -0.2) is 39.0 Å². The van der Waals surface area contributed by atoms with Crippen molar-refractivity contribution in [2.45, 2.75) is 77.0 Å². The molecule has 4 fully saturated rings. The average molecular weight is 387 g/mol. The first-order chi connectivity index (χ1) is 13.4. The molecule has 2 heterocycles. The smallest absolute Gasteiger partial charge is 0.160 e. The molecule has 5 rings (SSSR count). The van der Waals surface area contributed by atoms with Crippen molar-refractivity contribution < 1.29 is 14.6 Å². The first kappa shape index (κ1) is 18.8. The van der Waals surface area contributed by atoms with E-state index in [1.807, 2.05) is 19.2 Å². The number of nitrogens with zero attached hydrogens (tertiary/aromatic N) is 2. The lowest BCUT2D eigenvalue weighted by Gasteiger charge is -2.55. The molecule has 28 heavy (non-hydrogen) atoms. The van der Waals surface area contributed by atoms with Crippen LogP contribution in [-0.2, 0) is 16.1 Å². The SMILES string of the molecule is C[C@@]1(O)CC[C@@H]2C3CC[C@@]4(C)C(OC[C@@H]4C(=O)Cn4cccn4)C3CC[C@@H]2C1. The molecule has 1 aromatic heterocycles. The zero-order chi connectivity index (χ0) is 19.5. The van der Waals surface area contributed by atoms with Gasteiger partial charge < -0.3 is 9.84 Å². The number of hydrogen-bond acceptors (Lipinski definition) is 4. The summed E-state index contributed by atoms with van der Waals surface area (Å²) in [4.78, 5) is 13.1. The van der Waals surface area contributed by atoms with E-state index in [9.17, 15) is 9.90 Å². The van der Waals surface area contributed by atoms with Gasteiger partial charge in [-0.3, -0.25) is 9.48 Å². The molecule has 1 N–H and O–H groups in total. The van der Waals surface area contributed by atoms with Crippen LogP contribution in [0.2, 0.25) is 0 Å². The molecule has 0 bridgehead atoms. The van der Waals surface area contributed by atoms with E-state index in [1.54, 1.807) is 10.9 Å². The van der Waals surface area contributed by atoms with Crippen molar-refractivity contribution in [1.29, 1.82) is 0 Å². The van der Waals surface area contributed by atoms with Gasteiger partial charge in [0.25, 0.3) is 0 Å². The van der Waals surface area contributed by atoms with Crippen LogP contribution in [0, 0.1) is 35.0 Å². The van der Waals surface area contributed by atoms with Gasteiger partial charge in [-0.1, -0.05) is 6.92 Å². The molecule has 154 valence electrons. The van der Waals surface area contributed by atoms with Crippen molar-refractivity contribution in [1.82, 2.24) is 9.78 Å². The minimum Gasteiger partial charge on any atom is -0.390 e. The standard InChI is InChI=1S/C23H34N2O3/c1-22(27)8-6-16-15(12-22)4-5-18-17(16)7-9-23(2)19(14-28-21(18)23)20(26)13-25-11-3-10-24-25/h3,10-11,15-19,21,27H,4-9,12-14H2,1-2H3/t15-,16+,17?,18?,19-,21?,22-,23-/m1/s1. The van der Waals surface area contributed by atoms with Crippen LogP contribution < -0.4 is 0 Å². The van der Waals surface area contributed by atoms with Gasteiger partial charge in [-0.2, -0.15) is 5.10 Å². The Hall–Kier alpha value is -1.20. The van der Waals surface area contributed by atoms with Gasteiger partial charge in [0.2, 0.25) is 0 Å². The Morgan fingerprint density at radius 3 is 2.79 bits per heavy atom. The predicted octanol–water partition coefficient (Wildman–Crippen LogP) is 3.46. The number of aliphatic hydroxyl groups is 1. The molecule has 3 saturated carbocycles. The molecular formula is C23H34N2O3. The molecule has 3 unspecified atom stereocenters. The van der Waals surface area contributed by atoms with Gasteiger partial charge in [0.15, 0.2) is 5.78 Å². The molecule has 3 aliphatic carbocycles. The van der Waals surface area contributed by atoms with E-state index >= 15 is 0 Å². The van der Waals surface area contributed by atoms with E-state index in [1.165, 1.54) is 19.3 Å². The van der Waals surface area contributed by atoms with Crippen LogP contribution in [0.5, 0.6) is 0 Å². The van der Waals surface area contributed by atoms with Crippen LogP contribution in [0.15, 0.2) is 18.5 Å². The second kappa shape index (κ2) is 6.66. The average Bonchev–Trinajstić information content (AvgIpc) is 3.27. The van der Waals surface area contributed by atoms with E-state index in [0.717, 1.165) is 31.6 Å². The van der Waals surface area contributed by atoms with Crippen molar-refractivity contribution in [3.8, 4) is 0 Å². The zero-order valence-electron chi connectivity index (χ0n) is 17.2. The number of aromatic nitrogens is 2. The fraction of sp³-hybridized carbons (Fsp3) is 0.826. The molecule has 1 aliphatic heterocycles. The van der Waals surface area contributed by atoms with Crippen molar-refractivity contribution in [2.75, 3.05) is 6.61 Å². The predicted molar refractivity (Wildman–Crippen MR) is 105 cm³/mol. The van der Waals surface area contributed by atoms with E-state index in [2.05, 4.69) is 12.0 Å². The van der Waals surface area contributed by atoms with E-state index < -0.39 is 5.60 Å². The quantitative estimate of drug-likeness (QED) is 0.864. The van der Waals surface area contributed by atoms with E-state index in [4.69, 9.17) is 4.74 Å². The largest absolute Gasteiger partial charge is 0.390 e. The number of Topliss-reactive ketones (excluding diaryl/α,β-unsaturated/α-hetero) is 1. The lowest BCUT2D eigenvalue weighted by atomic mass is 9.50. The lowest BCUT2D eigenvalue weighted by molar-refractivity contribution is -0.133. The highest BCUT2D eigenvalue weighted by molar-refractivity contribution is 5.82. The second-order valence-electron chi connectivity index (χ2n) is 10.6. The third-order valence-electron chi connectivity index (χ3n) is 8.85. The van der Waals surface area contributed by atoms with Crippen LogP contribution >= 0.6 is 0 Å². The topological polar surface area (TPSA) is 64.3 Å². The van der Waals surface area contributed by atoms with Crippen molar-refractivity contribution >= 4 is 5.78 Å². The Morgan fingerprint density at radius 2 is 2.00 bits per heavy atom. The summed E-state index contributed by atoms with van der Waals surface area (Å²) in [6, 6.07) is 1.87. The summed E-state index contributed by atoms with van der Waals surface area (Å²) in [5.74, 6) is 2.99. The summed E-state index contributed by atoms with van der Waals surface area (Å²) in [5, 5.41) is 14.7. The number of fused-ring (bicyclic) bond motifs is 5. The van der Waals surface area contributed by atoms with Crippen LogP contribution in [0.1, 0.15) is 58.8 Å². The molecule has 0 amide bonds. The normalized spacial score (nSPS) is 47.8. The third-order valence-corrected chi connectivity index (χ3v) is 8.85. The molecule has 0 spiro atoms. The summed E-state index contributed by atoms with van der Waals surface area (Å²) >= 11 is 0. The Kier molecular flexibility index (Phi) is 4.48. The number of carbonyl (C=O) groups is 1. The summed E-state index contributed by atoms with van der Waals surface area (Å²) < 4.78 is 8.14. The summed E-state index contributed by atoms with van der Waals surface area (Å²) in [6.07, 6.45) is 11.6. The fourth-order valence-electron chi connectivity index (χ4n) is 7.46. The second-order valence-corrected chi connectivity index (χ2v) is 10.6. The molecule has 5 heteroatoms. The number of hydrogen-bond donors (Lipinski definition) is 1. The Morgan fingerprint density at radius 1 is 1.18 bits per heavy atom. The molecule has 0 radical (unpaired) electrons. The molecule has 1 aromatic rings. The Bertz CT molecular complexity index is 730. The van der Waals surface area contributed by atoms with Gasteiger partial charge in [0, 0.05) is 17.8 Å². The van der Waals surface area contributed by atoms with Crippen LogP contribution in [0.3, 0.4) is 0 Å². The highest BCUT2D eigenvalue weighted by Gasteiger charge is 2.60. The van der Waals surface area contributed by atoms with Crippen molar-refractivity contribution in [3.63, 3.8) is 0 Å². The fourth-order valence-corrected chi connectivity index (χ4v) is 7.46. The first-order valence-corrected chi connectivity index (χ1v) is 11.2. The van der Waals surface area contributed by atoms with Gasteiger partial charge in [-0.15, -0.1) is 0 Å². The van der Waals surface area contributed by atoms with Gasteiger partial charge in [0.05, 0.1) is 30.8 Å². The summed E-state index contributed by atoms with van der Waals surface area (Å²) in [7, 11) is 0. The summed E-state index contributed by atoms with van der Waals surface area (Å²) in [6.45, 7) is 5.26. The molecule has 0 aromatic carbocycles. The Labute approximate surface area is 167 Å². The first-order valence-electron chi connectivity index (χ1n) is 11.2. The zero-order valence-corrected chi connectivity index (χ0v) is 17.2. The number of ketones is 1. The van der Waals surface area contributed by atoms with Crippen LogP contribution in [0.4, 0.5) is 0 Å². The minimum absolute atomic E-state index is 0.00698. The van der Waals surface area contributed by atoms with Crippen molar-refractivity contribution in [2.24, 2.45) is 35.0 Å². The molecule has 8 atom stereocenters. The molecule has 4 aliphatic rings. The number of ether oxygens (including phenoxy) is 1. The van der Waals surface area contributed by atoms with E-state index in [0.29, 0.717) is 30.9 Å². The maximum Gasteiger partial charge on any atom is 0.160 e. The monoisotopic (exact) mass is 386 g/mol. The van der Waals surface area contributed by atoms with E-state index in [-0.39, 0.29) is 23.2 Å². The van der Waals surface area contributed by atoms with Crippen LogP contribution in [0.25, 0.3) is 0 Å². The highest BCUT2D eigenvalue weighted by atomic mass is 16.5. The molecule has 5 nitrogen and oxygen atoms in total. The van der Waals surface area contributed by atoms with Gasteiger partial charge in [-0.25, -0.2) is 0 Å². The highest BCUT2D eigenvalue weighted by Crippen LogP contribution is 2.60. The molecular weight excluding hydrogens is 352 g/mol. The van der Waals surface area contributed by atoms with Gasteiger partial charge in [0.1, 0.15) is 0 Å². The molecule has 1 saturated heterocycles. The maximum absolute atomic E-state index is 13.1. The summed E-state index contributed by atoms with van der Waals surface area (Å²) in [5.41, 5.74) is -0.497. The number of carbonyl (C=O) groups excluding carboxylic acids is 1. The lowest BCUT2D eigenvalue weighted by Crippen LogP contribution is -2.53. The Balaban J connectivity index is 1.32. The maximum atomic E-state index is 13.1. The van der Waals surface area contributed by atoms with Gasteiger partial charge >= 0.3 is 0 Å².